The molecule has 0 aliphatic carbocycles. The van der Waals surface area contributed by atoms with E-state index >= 15 is 0 Å². The molecule has 0 radical (unpaired) electrons. The smallest absolute Gasteiger partial charge is 0.274 e. The minimum absolute atomic E-state index is 0.0283. The van der Waals surface area contributed by atoms with Gasteiger partial charge in [-0.1, -0.05) is 30.3 Å². The van der Waals surface area contributed by atoms with Crippen molar-refractivity contribution in [2.45, 2.75) is 0 Å². The lowest BCUT2D eigenvalue weighted by atomic mass is 10.2. The van der Waals surface area contributed by atoms with E-state index in [1.165, 1.54) is 41.4 Å². The van der Waals surface area contributed by atoms with Gasteiger partial charge < -0.3 is 10.2 Å². The van der Waals surface area contributed by atoms with Gasteiger partial charge >= 0.3 is 0 Å². The molecule has 0 saturated heterocycles. The van der Waals surface area contributed by atoms with E-state index in [4.69, 9.17) is 0 Å². The Kier molecular flexibility index (Phi) is 5.03. The minimum atomic E-state index is -0.591. The van der Waals surface area contributed by atoms with Crippen molar-refractivity contribution in [3.8, 4) is 0 Å². The fourth-order valence-corrected chi connectivity index (χ4v) is 2.40. The number of pyridine rings is 1. The lowest BCUT2D eigenvalue weighted by Crippen LogP contribution is -2.26. The highest BCUT2D eigenvalue weighted by molar-refractivity contribution is 6.08. The van der Waals surface area contributed by atoms with Gasteiger partial charge in [-0.05, 0) is 36.4 Å². The lowest BCUT2D eigenvalue weighted by Gasteiger charge is -2.17. The number of para-hydroxylation sites is 2. The van der Waals surface area contributed by atoms with Crippen LogP contribution in [0.4, 0.5) is 15.8 Å². The molecule has 1 aromatic heterocycles. The van der Waals surface area contributed by atoms with E-state index in [0.29, 0.717) is 5.56 Å². The van der Waals surface area contributed by atoms with Gasteiger partial charge in [0, 0.05) is 24.5 Å². The molecule has 0 atom stereocenters. The van der Waals surface area contributed by atoms with Crippen molar-refractivity contribution >= 4 is 23.2 Å². The number of carbonyl (C=O) groups excluding carboxylic acids is 2. The molecule has 26 heavy (non-hydrogen) atoms. The lowest BCUT2D eigenvalue weighted by molar-refractivity contribution is 0.0993. The van der Waals surface area contributed by atoms with Crippen molar-refractivity contribution < 1.29 is 14.0 Å². The highest BCUT2D eigenvalue weighted by atomic mass is 19.1. The number of rotatable bonds is 4. The molecule has 130 valence electrons. The normalized spacial score (nSPS) is 10.2. The Bertz CT molecular complexity index is 945. The Morgan fingerprint density at radius 1 is 1.00 bits per heavy atom. The topological polar surface area (TPSA) is 62.3 Å². The Labute approximate surface area is 150 Å². The van der Waals surface area contributed by atoms with E-state index in [-0.39, 0.29) is 17.3 Å². The molecule has 2 aromatic carbocycles. The van der Waals surface area contributed by atoms with Crippen molar-refractivity contribution in [1.29, 1.82) is 0 Å². The predicted molar refractivity (Wildman–Crippen MR) is 97.8 cm³/mol. The summed E-state index contributed by atoms with van der Waals surface area (Å²) in [5.74, 6) is -1.41. The SMILES string of the molecule is CN(C(=O)c1ccnc(C(=O)Nc2ccccc2F)c1)c1ccccc1. The summed E-state index contributed by atoms with van der Waals surface area (Å²) in [7, 11) is 1.65. The number of nitrogens with one attached hydrogen (secondary N) is 1. The van der Waals surface area contributed by atoms with Crippen LogP contribution in [-0.4, -0.2) is 23.8 Å². The van der Waals surface area contributed by atoms with Gasteiger partial charge in [-0.25, -0.2) is 4.39 Å². The highest BCUT2D eigenvalue weighted by Gasteiger charge is 2.17. The number of amides is 2. The molecular formula is C20H16FN3O2. The van der Waals surface area contributed by atoms with E-state index in [9.17, 15) is 14.0 Å². The second-order valence-corrected chi connectivity index (χ2v) is 5.56. The number of halogens is 1. The molecule has 1 N–H and O–H groups in total. The summed E-state index contributed by atoms with van der Waals surface area (Å²) in [6, 6.07) is 17.9. The second kappa shape index (κ2) is 7.57. The summed E-state index contributed by atoms with van der Waals surface area (Å²) in [5, 5.41) is 2.45. The van der Waals surface area contributed by atoms with Crippen molar-refractivity contribution in [1.82, 2.24) is 4.98 Å². The minimum Gasteiger partial charge on any atom is -0.318 e. The summed E-state index contributed by atoms with van der Waals surface area (Å²) < 4.78 is 13.7. The third kappa shape index (κ3) is 3.75. The van der Waals surface area contributed by atoms with Crippen LogP contribution in [0.5, 0.6) is 0 Å². The molecule has 0 unspecified atom stereocenters. The van der Waals surface area contributed by atoms with E-state index in [2.05, 4.69) is 10.3 Å². The quantitative estimate of drug-likeness (QED) is 0.780. The third-order valence-corrected chi connectivity index (χ3v) is 3.81. The van der Waals surface area contributed by atoms with Crippen molar-refractivity contribution in [2.75, 3.05) is 17.3 Å². The molecule has 1 heterocycles. The first kappa shape index (κ1) is 17.3. The monoisotopic (exact) mass is 349 g/mol. The summed E-state index contributed by atoms with van der Waals surface area (Å²) in [5.41, 5.74) is 1.12. The van der Waals surface area contributed by atoms with Gasteiger partial charge in [0.2, 0.25) is 0 Å². The molecule has 6 heteroatoms. The maximum Gasteiger partial charge on any atom is 0.274 e. The van der Waals surface area contributed by atoms with Crippen LogP contribution in [0.1, 0.15) is 20.8 Å². The molecule has 0 bridgehead atoms. The maximum absolute atomic E-state index is 13.7. The van der Waals surface area contributed by atoms with Gasteiger partial charge in [0.15, 0.2) is 0 Å². The fraction of sp³-hybridized carbons (Fsp3) is 0.0500. The van der Waals surface area contributed by atoms with Gasteiger partial charge in [0.05, 0.1) is 5.69 Å². The van der Waals surface area contributed by atoms with Crippen molar-refractivity contribution in [2.24, 2.45) is 0 Å². The highest BCUT2D eigenvalue weighted by Crippen LogP contribution is 2.16. The van der Waals surface area contributed by atoms with Crippen LogP contribution < -0.4 is 10.2 Å². The molecule has 0 saturated carbocycles. The van der Waals surface area contributed by atoms with E-state index in [1.54, 1.807) is 13.1 Å². The summed E-state index contributed by atoms with van der Waals surface area (Å²) in [6.07, 6.45) is 1.38. The number of anilines is 2. The zero-order chi connectivity index (χ0) is 18.5. The first-order valence-electron chi connectivity index (χ1n) is 7.91. The molecule has 3 aromatic rings. The molecule has 2 amide bonds. The van der Waals surface area contributed by atoms with Crippen LogP contribution in [-0.2, 0) is 0 Å². The van der Waals surface area contributed by atoms with Crippen LogP contribution >= 0.6 is 0 Å². The zero-order valence-electron chi connectivity index (χ0n) is 14.0. The third-order valence-electron chi connectivity index (χ3n) is 3.81. The predicted octanol–water partition coefficient (Wildman–Crippen LogP) is 3.75. The zero-order valence-corrected chi connectivity index (χ0v) is 14.0. The molecule has 3 rings (SSSR count). The van der Waals surface area contributed by atoms with Crippen molar-refractivity contribution in [3.05, 3.63) is 90.0 Å². The number of nitrogens with zero attached hydrogens (tertiary/aromatic N) is 2. The van der Waals surface area contributed by atoms with Crippen LogP contribution in [0, 0.1) is 5.82 Å². The largest absolute Gasteiger partial charge is 0.318 e. The maximum atomic E-state index is 13.7. The molecule has 0 aliphatic heterocycles. The van der Waals surface area contributed by atoms with Gasteiger partial charge in [0.25, 0.3) is 11.8 Å². The number of hydrogen-bond acceptors (Lipinski definition) is 3. The molecule has 0 fully saturated rings. The Morgan fingerprint density at radius 2 is 1.69 bits per heavy atom. The number of benzene rings is 2. The Hall–Kier alpha value is -3.54. The number of aromatic nitrogens is 1. The second-order valence-electron chi connectivity index (χ2n) is 5.56. The van der Waals surface area contributed by atoms with Crippen LogP contribution in [0.25, 0.3) is 0 Å². The number of hydrogen-bond donors (Lipinski definition) is 1. The molecule has 5 nitrogen and oxygen atoms in total. The molecule has 0 spiro atoms. The average Bonchev–Trinajstić information content (AvgIpc) is 2.69. The standard InChI is InChI=1S/C20H16FN3O2/c1-24(15-7-3-2-4-8-15)20(26)14-11-12-22-18(13-14)19(25)23-17-10-6-5-9-16(17)21/h2-13H,1H3,(H,23,25). The van der Waals surface area contributed by atoms with Crippen LogP contribution in [0.2, 0.25) is 0 Å². The van der Waals surface area contributed by atoms with Crippen molar-refractivity contribution in [3.63, 3.8) is 0 Å². The Balaban J connectivity index is 1.80. The number of carbonyl (C=O) groups is 2. The Morgan fingerprint density at radius 3 is 2.42 bits per heavy atom. The summed E-state index contributed by atoms with van der Waals surface area (Å²) in [4.78, 5) is 30.4. The van der Waals surface area contributed by atoms with Gasteiger partial charge in [-0.15, -0.1) is 0 Å². The van der Waals surface area contributed by atoms with Crippen LogP contribution in [0.3, 0.4) is 0 Å². The van der Waals surface area contributed by atoms with Crippen LogP contribution in [0.15, 0.2) is 72.9 Å². The summed E-state index contributed by atoms with van der Waals surface area (Å²) >= 11 is 0. The van der Waals surface area contributed by atoms with E-state index < -0.39 is 11.7 Å². The van der Waals surface area contributed by atoms with E-state index in [0.717, 1.165) is 5.69 Å². The van der Waals surface area contributed by atoms with Gasteiger partial charge in [-0.3, -0.25) is 14.6 Å². The fourth-order valence-electron chi connectivity index (χ4n) is 2.40. The van der Waals surface area contributed by atoms with E-state index in [1.807, 2.05) is 30.3 Å². The van der Waals surface area contributed by atoms with Gasteiger partial charge in [0.1, 0.15) is 11.5 Å². The average molecular weight is 349 g/mol. The first-order chi connectivity index (χ1) is 12.6. The summed E-state index contributed by atoms with van der Waals surface area (Å²) in [6.45, 7) is 0. The first-order valence-corrected chi connectivity index (χ1v) is 7.91. The molecular weight excluding hydrogens is 333 g/mol. The van der Waals surface area contributed by atoms with Gasteiger partial charge in [-0.2, -0.15) is 0 Å². The molecule has 0 aliphatic rings.